The van der Waals surface area contributed by atoms with Gasteiger partial charge < -0.3 is 10.6 Å². The number of hydrogen-bond donors (Lipinski definition) is 2. The molecule has 2 N–H and O–H groups in total. The van der Waals surface area contributed by atoms with Crippen molar-refractivity contribution in [2.24, 2.45) is 0 Å². The molecular weight excluding hydrogens is 320 g/mol. The zero-order valence-corrected chi connectivity index (χ0v) is 13.5. The van der Waals surface area contributed by atoms with Gasteiger partial charge in [-0.3, -0.25) is 19.5 Å². The van der Waals surface area contributed by atoms with Crippen molar-refractivity contribution in [1.82, 2.24) is 20.5 Å². The second-order valence-electron chi connectivity index (χ2n) is 5.75. The molecule has 1 aliphatic rings. The first-order valence-electron chi connectivity index (χ1n) is 7.95. The van der Waals surface area contributed by atoms with Crippen LogP contribution in [0.4, 0.5) is 4.79 Å². The SMILES string of the molecule is O=C(CC1NC(=O)N(Cc2ccccc2)C1=O)NCc1cccnc1. The monoisotopic (exact) mass is 338 g/mol. The molecule has 1 saturated heterocycles. The Hall–Kier alpha value is -3.22. The molecule has 0 spiro atoms. The van der Waals surface area contributed by atoms with Crippen molar-refractivity contribution in [2.45, 2.75) is 25.6 Å². The summed E-state index contributed by atoms with van der Waals surface area (Å²) >= 11 is 0. The smallest absolute Gasteiger partial charge is 0.325 e. The highest BCUT2D eigenvalue weighted by molar-refractivity contribution is 6.05. The van der Waals surface area contributed by atoms with Crippen LogP contribution < -0.4 is 10.6 Å². The molecule has 128 valence electrons. The number of aromatic nitrogens is 1. The average Bonchev–Trinajstić information content (AvgIpc) is 2.89. The number of benzene rings is 1. The van der Waals surface area contributed by atoms with Crippen molar-refractivity contribution in [3.05, 3.63) is 66.0 Å². The van der Waals surface area contributed by atoms with Crippen LogP contribution in [0.25, 0.3) is 0 Å². The van der Waals surface area contributed by atoms with Crippen LogP contribution in [-0.4, -0.2) is 33.8 Å². The first kappa shape index (κ1) is 16.6. The lowest BCUT2D eigenvalue weighted by atomic mass is 10.1. The second kappa shape index (κ2) is 7.57. The van der Waals surface area contributed by atoms with Gasteiger partial charge in [0.2, 0.25) is 5.91 Å². The number of pyridine rings is 1. The molecule has 0 saturated carbocycles. The molecule has 2 heterocycles. The van der Waals surface area contributed by atoms with Crippen LogP contribution in [0, 0.1) is 0 Å². The topological polar surface area (TPSA) is 91.4 Å². The van der Waals surface area contributed by atoms with Gasteiger partial charge in [0.25, 0.3) is 5.91 Å². The summed E-state index contributed by atoms with van der Waals surface area (Å²) in [7, 11) is 0. The van der Waals surface area contributed by atoms with Crippen molar-refractivity contribution >= 4 is 17.8 Å². The number of amides is 4. The molecule has 1 fully saturated rings. The minimum absolute atomic E-state index is 0.0872. The van der Waals surface area contributed by atoms with Crippen molar-refractivity contribution in [1.29, 1.82) is 0 Å². The van der Waals surface area contributed by atoms with Crippen LogP contribution in [0.1, 0.15) is 17.5 Å². The van der Waals surface area contributed by atoms with E-state index >= 15 is 0 Å². The normalized spacial score (nSPS) is 16.6. The zero-order chi connectivity index (χ0) is 17.6. The Morgan fingerprint density at radius 1 is 1.12 bits per heavy atom. The molecule has 4 amide bonds. The van der Waals surface area contributed by atoms with Gasteiger partial charge in [0, 0.05) is 18.9 Å². The molecule has 0 aliphatic carbocycles. The van der Waals surface area contributed by atoms with E-state index in [0.717, 1.165) is 16.0 Å². The highest BCUT2D eigenvalue weighted by Gasteiger charge is 2.38. The van der Waals surface area contributed by atoms with Gasteiger partial charge in [-0.05, 0) is 17.2 Å². The molecule has 7 nitrogen and oxygen atoms in total. The molecule has 1 aromatic carbocycles. The van der Waals surface area contributed by atoms with E-state index in [1.165, 1.54) is 0 Å². The first-order valence-corrected chi connectivity index (χ1v) is 7.95. The fraction of sp³-hybridized carbons (Fsp3) is 0.222. The minimum atomic E-state index is -0.829. The molecule has 0 radical (unpaired) electrons. The van der Waals surface area contributed by atoms with Gasteiger partial charge in [-0.25, -0.2) is 4.79 Å². The predicted molar refractivity (Wildman–Crippen MR) is 90.0 cm³/mol. The van der Waals surface area contributed by atoms with E-state index in [4.69, 9.17) is 0 Å². The van der Waals surface area contributed by atoms with E-state index in [1.54, 1.807) is 18.5 Å². The summed E-state index contributed by atoms with van der Waals surface area (Å²) in [5.74, 6) is -0.686. The minimum Gasteiger partial charge on any atom is -0.352 e. The Labute approximate surface area is 145 Å². The van der Waals surface area contributed by atoms with Gasteiger partial charge >= 0.3 is 6.03 Å². The van der Waals surface area contributed by atoms with Gasteiger partial charge in [-0.2, -0.15) is 0 Å². The first-order chi connectivity index (χ1) is 12.1. The Morgan fingerprint density at radius 2 is 1.88 bits per heavy atom. The maximum Gasteiger partial charge on any atom is 0.325 e. The quantitative estimate of drug-likeness (QED) is 0.775. The zero-order valence-electron chi connectivity index (χ0n) is 13.5. The molecule has 7 heteroatoms. The molecule has 25 heavy (non-hydrogen) atoms. The summed E-state index contributed by atoms with van der Waals surface area (Å²) in [5.41, 5.74) is 1.72. The summed E-state index contributed by atoms with van der Waals surface area (Å²) in [4.78, 5) is 41.5. The third-order valence-corrected chi connectivity index (χ3v) is 3.89. The second-order valence-corrected chi connectivity index (χ2v) is 5.75. The predicted octanol–water partition coefficient (Wildman–Crippen LogP) is 1.21. The molecule has 1 atom stereocenters. The number of carbonyl (C=O) groups is 3. The van der Waals surface area contributed by atoms with Gasteiger partial charge in [0.15, 0.2) is 0 Å². The van der Waals surface area contributed by atoms with Gasteiger partial charge in [0.1, 0.15) is 6.04 Å². The van der Waals surface area contributed by atoms with Gasteiger partial charge in [-0.1, -0.05) is 36.4 Å². The Balaban J connectivity index is 1.54. The molecule has 0 bridgehead atoms. The van der Waals surface area contributed by atoms with Crippen molar-refractivity contribution < 1.29 is 14.4 Å². The molecule has 1 aliphatic heterocycles. The van der Waals surface area contributed by atoms with E-state index in [9.17, 15) is 14.4 Å². The lowest BCUT2D eigenvalue weighted by Crippen LogP contribution is -2.36. The van der Waals surface area contributed by atoms with Crippen molar-refractivity contribution in [3.63, 3.8) is 0 Å². The lowest BCUT2D eigenvalue weighted by molar-refractivity contribution is -0.131. The third kappa shape index (κ3) is 4.20. The standard InChI is InChI=1S/C18H18N4O3/c23-16(20-11-14-7-4-8-19-10-14)9-15-17(24)22(18(25)21-15)12-13-5-2-1-3-6-13/h1-8,10,15H,9,11-12H2,(H,20,23)(H,21,25). The van der Waals surface area contributed by atoms with E-state index < -0.39 is 12.1 Å². The van der Waals surface area contributed by atoms with Crippen LogP contribution in [0.15, 0.2) is 54.9 Å². The largest absolute Gasteiger partial charge is 0.352 e. The molecule has 3 rings (SSSR count). The molecule has 1 unspecified atom stereocenters. The van der Waals surface area contributed by atoms with Crippen LogP contribution in [0.3, 0.4) is 0 Å². The average molecular weight is 338 g/mol. The van der Waals surface area contributed by atoms with Crippen LogP contribution in [0.2, 0.25) is 0 Å². The highest BCUT2D eigenvalue weighted by atomic mass is 16.2. The maximum atomic E-state index is 12.4. The van der Waals surface area contributed by atoms with E-state index in [0.29, 0.717) is 6.54 Å². The number of hydrogen-bond acceptors (Lipinski definition) is 4. The van der Waals surface area contributed by atoms with E-state index in [1.807, 2.05) is 36.4 Å². The molecular formula is C18H18N4O3. The molecule has 1 aromatic heterocycles. The van der Waals surface area contributed by atoms with Crippen molar-refractivity contribution in [3.8, 4) is 0 Å². The van der Waals surface area contributed by atoms with Crippen molar-refractivity contribution in [2.75, 3.05) is 0 Å². The van der Waals surface area contributed by atoms with Crippen LogP contribution in [0.5, 0.6) is 0 Å². The highest BCUT2D eigenvalue weighted by Crippen LogP contribution is 2.14. The van der Waals surface area contributed by atoms with Gasteiger partial charge in [0.05, 0.1) is 13.0 Å². The number of carbonyl (C=O) groups excluding carboxylic acids is 3. The number of imide groups is 1. The fourth-order valence-corrected chi connectivity index (χ4v) is 2.59. The molecule has 2 aromatic rings. The summed E-state index contributed by atoms with van der Waals surface area (Å²) in [6, 6.07) is 11.6. The maximum absolute atomic E-state index is 12.4. The summed E-state index contributed by atoms with van der Waals surface area (Å²) in [6.45, 7) is 0.522. The number of nitrogens with zero attached hydrogens (tertiary/aromatic N) is 2. The Kier molecular flexibility index (Phi) is 5.03. The Bertz CT molecular complexity index is 764. The van der Waals surface area contributed by atoms with E-state index in [-0.39, 0.29) is 24.8 Å². The van der Waals surface area contributed by atoms with E-state index in [2.05, 4.69) is 15.6 Å². The summed E-state index contributed by atoms with van der Waals surface area (Å²) < 4.78 is 0. The number of rotatable bonds is 6. The number of urea groups is 1. The Morgan fingerprint density at radius 3 is 2.60 bits per heavy atom. The summed E-state index contributed by atoms with van der Waals surface area (Å²) in [6.07, 6.45) is 3.22. The van der Waals surface area contributed by atoms with Gasteiger partial charge in [-0.15, -0.1) is 0 Å². The summed E-state index contributed by atoms with van der Waals surface area (Å²) in [5, 5.41) is 5.29. The lowest BCUT2D eigenvalue weighted by Gasteiger charge is -2.13. The van der Waals surface area contributed by atoms with Crippen LogP contribution in [-0.2, 0) is 22.7 Å². The third-order valence-electron chi connectivity index (χ3n) is 3.89. The fourth-order valence-electron chi connectivity index (χ4n) is 2.59. The number of nitrogens with one attached hydrogen (secondary N) is 2. The van der Waals surface area contributed by atoms with Crippen LogP contribution >= 0.6 is 0 Å².